The normalized spacial score (nSPS) is 25.0. The van der Waals surface area contributed by atoms with Gasteiger partial charge in [-0.3, -0.25) is 4.79 Å². The van der Waals surface area contributed by atoms with Crippen LogP contribution in [-0.4, -0.2) is 48.2 Å². The summed E-state index contributed by atoms with van der Waals surface area (Å²) in [4.78, 5) is 15.2. The molecule has 4 rings (SSSR count). The van der Waals surface area contributed by atoms with Crippen LogP contribution in [0.3, 0.4) is 0 Å². The maximum absolute atomic E-state index is 13.5. The van der Waals surface area contributed by atoms with Crippen molar-refractivity contribution in [1.29, 1.82) is 0 Å². The topological polar surface area (TPSA) is 54.3 Å². The van der Waals surface area contributed by atoms with Crippen LogP contribution in [-0.2, 0) is 16.1 Å². The fourth-order valence-corrected chi connectivity index (χ4v) is 4.40. The summed E-state index contributed by atoms with van der Waals surface area (Å²) in [5.41, 5.74) is 4.43. The Labute approximate surface area is 165 Å². The number of nitrogens with zero attached hydrogens (tertiary/aromatic N) is 3. The number of ether oxygens (including phenoxy) is 1. The van der Waals surface area contributed by atoms with Gasteiger partial charge in [0.25, 0.3) is 0 Å². The molecular weight excluding hydrogens is 357 g/mol. The van der Waals surface area contributed by atoms with E-state index in [0.29, 0.717) is 31.9 Å². The van der Waals surface area contributed by atoms with Gasteiger partial charge in [-0.15, -0.1) is 0 Å². The molecule has 0 saturated carbocycles. The second kappa shape index (κ2) is 7.39. The van der Waals surface area contributed by atoms with Crippen LogP contribution >= 0.6 is 0 Å². The summed E-state index contributed by atoms with van der Waals surface area (Å²) in [5.74, 6) is 0.492. The fourth-order valence-electron chi connectivity index (χ4n) is 4.40. The molecule has 0 bridgehead atoms. The van der Waals surface area contributed by atoms with Crippen molar-refractivity contribution in [2.24, 2.45) is 15.6 Å². The van der Waals surface area contributed by atoms with Gasteiger partial charge in [-0.25, -0.2) is 4.39 Å². The van der Waals surface area contributed by atoms with Crippen molar-refractivity contribution in [2.75, 3.05) is 19.8 Å². The van der Waals surface area contributed by atoms with Crippen LogP contribution in [0.4, 0.5) is 4.39 Å². The van der Waals surface area contributed by atoms with Crippen LogP contribution in [0.1, 0.15) is 62.6 Å². The predicted molar refractivity (Wildman–Crippen MR) is 108 cm³/mol. The third-order valence-corrected chi connectivity index (χ3v) is 6.37. The average Bonchev–Trinajstić information content (AvgIpc) is 3.18. The van der Waals surface area contributed by atoms with E-state index in [1.807, 2.05) is 11.0 Å². The second-order valence-electron chi connectivity index (χ2n) is 8.60. The third-order valence-electron chi connectivity index (χ3n) is 6.37. The maximum Gasteiger partial charge on any atom is 0.229 e. The van der Waals surface area contributed by atoms with Gasteiger partial charge in [0.05, 0.1) is 16.8 Å². The SMILES string of the molecule is CC(F)C1=NN=C(c2ccc3c(c2)C(C)CN(C(=O)C2(C)CCOCC2)C3)C1. The molecular formula is C22H28FN3O2. The number of amides is 1. The maximum atomic E-state index is 13.5. The predicted octanol–water partition coefficient (Wildman–Crippen LogP) is 3.86. The van der Waals surface area contributed by atoms with E-state index in [2.05, 4.69) is 36.2 Å². The molecule has 1 amide bonds. The Morgan fingerprint density at radius 1 is 1.32 bits per heavy atom. The minimum atomic E-state index is -1.07. The van der Waals surface area contributed by atoms with Crippen molar-refractivity contribution >= 4 is 17.3 Å². The Bertz CT molecular complexity index is 840. The van der Waals surface area contributed by atoms with Gasteiger partial charge in [-0.2, -0.15) is 10.2 Å². The highest BCUT2D eigenvalue weighted by molar-refractivity contribution is 6.16. The van der Waals surface area contributed by atoms with Crippen molar-refractivity contribution in [3.63, 3.8) is 0 Å². The summed E-state index contributed by atoms with van der Waals surface area (Å²) >= 11 is 0. The zero-order valence-electron chi connectivity index (χ0n) is 16.9. The third kappa shape index (κ3) is 3.50. The molecule has 1 aromatic carbocycles. The molecule has 3 heterocycles. The lowest BCUT2D eigenvalue weighted by Crippen LogP contribution is -2.47. The lowest BCUT2D eigenvalue weighted by atomic mass is 9.79. The first-order valence-corrected chi connectivity index (χ1v) is 10.1. The molecule has 28 heavy (non-hydrogen) atoms. The van der Waals surface area contributed by atoms with Crippen LogP contribution in [0.25, 0.3) is 0 Å². The minimum absolute atomic E-state index is 0.243. The van der Waals surface area contributed by atoms with Crippen LogP contribution in [0, 0.1) is 5.41 Å². The molecule has 0 radical (unpaired) electrons. The van der Waals surface area contributed by atoms with Gasteiger partial charge in [-0.05, 0) is 48.4 Å². The van der Waals surface area contributed by atoms with E-state index in [1.165, 1.54) is 18.1 Å². The molecule has 3 aliphatic heterocycles. The number of fused-ring (bicyclic) bond motifs is 1. The highest BCUT2D eigenvalue weighted by Crippen LogP contribution is 2.36. The van der Waals surface area contributed by atoms with E-state index in [4.69, 9.17) is 4.74 Å². The van der Waals surface area contributed by atoms with Crippen molar-refractivity contribution in [3.05, 3.63) is 34.9 Å². The van der Waals surface area contributed by atoms with E-state index >= 15 is 0 Å². The Hall–Kier alpha value is -2.08. The lowest BCUT2D eigenvalue weighted by molar-refractivity contribution is -0.147. The zero-order valence-corrected chi connectivity index (χ0v) is 16.9. The van der Waals surface area contributed by atoms with Crippen molar-refractivity contribution in [1.82, 2.24) is 4.90 Å². The Kier molecular flexibility index (Phi) is 5.08. The van der Waals surface area contributed by atoms with Crippen LogP contribution in [0.15, 0.2) is 28.4 Å². The fraction of sp³-hybridized carbons (Fsp3) is 0.591. The molecule has 2 atom stereocenters. The van der Waals surface area contributed by atoms with Crippen molar-refractivity contribution in [3.8, 4) is 0 Å². The number of carbonyl (C=O) groups is 1. The van der Waals surface area contributed by atoms with Crippen LogP contribution in [0.5, 0.6) is 0 Å². The minimum Gasteiger partial charge on any atom is -0.381 e. The molecule has 5 nitrogen and oxygen atoms in total. The van der Waals surface area contributed by atoms with Gasteiger partial charge < -0.3 is 9.64 Å². The zero-order chi connectivity index (χ0) is 19.9. The van der Waals surface area contributed by atoms with Gasteiger partial charge in [0.1, 0.15) is 6.17 Å². The summed E-state index contributed by atoms with van der Waals surface area (Å²) in [6.45, 7) is 8.42. The highest BCUT2D eigenvalue weighted by atomic mass is 19.1. The van der Waals surface area contributed by atoms with E-state index in [9.17, 15) is 9.18 Å². The van der Waals surface area contributed by atoms with Gasteiger partial charge >= 0.3 is 0 Å². The quantitative estimate of drug-likeness (QED) is 0.793. The summed E-state index contributed by atoms with van der Waals surface area (Å²) in [5, 5.41) is 8.17. The van der Waals surface area contributed by atoms with Crippen LogP contribution < -0.4 is 0 Å². The van der Waals surface area contributed by atoms with Crippen LogP contribution in [0.2, 0.25) is 0 Å². The number of hydrogen-bond acceptors (Lipinski definition) is 4. The number of hydrogen-bond donors (Lipinski definition) is 0. The molecule has 0 aliphatic carbocycles. The molecule has 2 unspecified atom stereocenters. The van der Waals surface area contributed by atoms with Crippen molar-refractivity contribution < 1.29 is 13.9 Å². The van der Waals surface area contributed by atoms with Gasteiger partial charge in [0.2, 0.25) is 5.91 Å². The number of carbonyl (C=O) groups excluding carboxylic acids is 1. The Morgan fingerprint density at radius 2 is 2.07 bits per heavy atom. The monoisotopic (exact) mass is 385 g/mol. The number of rotatable bonds is 3. The number of benzene rings is 1. The molecule has 0 N–H and O–H groups in total. The van der Waals surface area contributed by atoms with E-state index in [1.54, 1.807) is 0 Å². The largest absolute Gasteiger partial charge is 0.381 e. The molecule has 1 aromatic rings. The average molecular weight is 385 g/mol. The van der Waals surface area contributed by atoms with Gasteiger partial charge in [0, 0.05) is 32.7 Å². The number of halogens is 1. The summed E-state index contributed by atoms with van der Waals surface area (Å²) < 4.78 is 18.9. The molecule has 0 spiro atoms. The first-order valence-electron chi connectivity index (χ1n) is 10.1. The molecule has 6 heteroatoms. The smallest absolute Gasteiger partial charge is 0.229 e. The Morgan fingerprint density at radius 3 is 2.75 bits per heavy atom. The Balaban J connectivity index is 1.51. The molecule has 1 fully saturated rings. The molecule has 1 saturated heterocycles. The van der Waals surface area contributed by atoms with Crippen molar-refractivity contribution in [2.45, 2.75) is 58.7 Å². The first kappa shape index (κ1) is 19.2. The highest BCUT2D eigenvalue weighted by Gasteiger charge is 2.40. The van der Waals surface area contributed by atoms with E-state index < -0.39 is 6.17 Å². The first-order chi connectivity index (χ1) is 13.4. The number of alkyl halides is 1. The second-order valence-corrected chi connectivity index (χ2v) is 8.60. The lowest BCUT2D eigenvalue weighted by Gasteiger charge is -2.40. The van der Waals surface area contributed by atoms with Gasteiger partial charge in [0.15, 0.2) is 0 Å². The molecule has 150 valence electrons. The summed E-state index contributed by atoms with van der Waals surface area (Å²) in [6, 6.07) is 6.26. The van der Waals surface area contributed by atoms with E-state index in [0.717, 1.165) is 30.7 Å². The molecule has 3 aliphatic rings. The van der Waals surface area contributed by atoms with E-state index in [-0.39, 0.29) is 17.2 Å². The summed E-state index contributed by atoms with van der Waals surface area (Å²) in [7, 11) is 0. The molecule has 0 aromatic heterocycles. The van der Waals surface area contributed by atoms with Gasteiger partial charge in [-0.1, -0.05) is 26.0 Å². The summed E-state index contributed by atoms with van der Waals surface area (Å²) in [6.07, 6.45) is 0.981. The standard InChI is InChI=1S/C22H28FN3O2/c1-14-12-26(21(27)22(3)6-8-28-9-7-22)13-17-5-4-16(10-18(14)17)20-11-19(15(2)23)24-25-20/h4-5,10,14-15H,6-9,11-13H2,1-3H3.